The standard InChI is InChI=1S/C13H17N7O2S2/c1-8-2-3-16-11(10(8)20(21)22)17-4-5-23-6-9-7-24-13(18-9)19-12(14)15/h2-3,7H,4-6H2,1H3,(H,16,17)(H4,14,15,18,19). The van der Waals surface area contributed by atoms with Gasteiger partial charge in [-0.05, 0) is 13.0 Å². The Morgan fingerprint density at radius 3 is 3.04 bits per heavy atom. The first-order valence-corrected chi connectivity index (χ1v) is 8.96. The smallest absolute Gasteiger partial charge is 0.314 e. The molecule has 5 N–H and O–H groups in total. The summed E-state index contributed by atoms with van der Waals surface area (Å²) in [4.78, 5) is 22.9. The first-order valence-electron chi connectivity index (χ1n) is 6.93. The van der Waals surface area contributed by atoms with Gasteiger partial charge in [-0.2, -0.15) is 16.8 Å². The molecule has 0 aliphatic carbocycles. The number of rotatable bonds is 8. The molecular weight excluding hydrogens is 350 g/mol. The number of hydrogen-bond acceptors (Lipinski definition) is 8. The molecule has 24 heavy (non-hydrogen) atoms. The molecule has 0 aliphatic heterocycles. The van der Waals surface area contributed by atoms with E-state index in [1.54, 1.807) is 30.9 Å². The van der Waals surface area contributed by atoms with E-state index in [0.29, 0.717) is 28.8 Å². The van der Waals surface area contributed by atoms with Crippen molar-refractivity contribution in [2.24, 2.45) is 16.5 Å². The van der Waals surface area contributed by atoms with E-state index in [1.165, 1.54) is 11.3 Å². The van der Waals surface area contributed by atoms with Crippen LogP contribution < -0.4 is 16.8 Å². The average Bonchev–Trinajstić information content (AvgIpc) is 2.93. The normalized spacial score (nSPS) is 10.4. The summed E-state index contributed by atoms with van der Waals surface area (Å²) in [6, 6.07) is 1.62. The summed E-state index contributed by atoms with van der Waals surface area (Å²) in [6.45, 7) is 2.25. The molecule has 9 nitrogen and oxygen atoms in total. The number of thioether (sulfide) groups is 1. The molecule has 0 spiro atoms. The number of hydrogen-bond donors (Lipinski definition) is 3. The van der Waals surface area contributed by atoms with Crippen molar-refractivity contribution in [3.05, 3.63) is 39.0 Å². The number of nitrogens with zero attached hydrogens (tertiary/aromatic N) is 4. The summed E-state index contributed by atoms with van der Waals surface area (Å²) in [5, 5.41) is 16.5. The molecule has 0 bridgehead atoms. The fourth-order valence-electron chi connectivity index (χ4n) is 1.85. The largest absolute Gasteiger partial charge is 0.370 e. The lowest BCUT2D eigenvalue weighted by atomic mass is 10.2. The van der Waals surface area contributed by atoms with Gasteiger partial charge in [0.05, 0.1) is 10.6 Å². The number of thiazole rings is 1. The van der Waals surface area contributed by atoms with Crippen LogP contribution in [0.5, 0.6) is 0 Å². The Hall–Kier alpha value is -2.40. The van der Waals surface area contributed by atoms with Crippen molar-refractivity contribution < 1.29 is 4.92 Å². The van der Waals surface area contributed by atoms with E-state index in [4.69, 9.17) is 11.5 Å². The van der Waals surface area contributed by atoms with Crippen molar-refractivity contribution >= 4 is 45.7 Å². The number of aryl methyl sites for hydroxylation is 1. The number of guanidine groups is 1. The van der Waals surface area contributed by atoms with E-state index < -0.39 is 4.92 Å². The number of anilines is 1. The third-order valence-electron chi connectivity index (χ3n) is 2.86. The Morgan fingerprint density at radius 2 is 2.33 bits per heavy atom. The summed E-state index contributed by atoms with van der Waals surface area (Å²) in [5.41, 5.74) is 12.1. The van der Waals surface area contributed by atoms with Crippen molar-refractivity contribution in [2.75, 3.05) is 17.6 Å². The van der Waals surface area contributed by atoms with Crippen LogP contribution in [0.25, 0.3) is 0 Å². The topological polar surface area (TPSA) is 145 Å². The second-order valence-corrected chi connectivity index (χ2v) is 6.66. The monoisotopic (exact) mass is 367 g/mol. The molecular formula is C13H17N7O2S2. The van der Waals surface area contributed by atoms with Gasteiger partial charge in [-0.25, -0.2) is 9.97 Å². The van der Waals surface area contributed by atoms with Gasteiger partial charge in [0.1, 0.15) is 0 Å². The second-order valence-electron chi connectivity index (χ2n) is 4.72. The molecule has 0 aromatic carbocycles. The zero-order valence-electron chi connectivity index (χ0n) is 12.9. The Labute approximate surface area is 146 Å². The zero-order valence-corrected chi connectivity index (χ0v) is 14.6. The van der Waals surface area contributed by atoms with Gasteiger partial charge in [-0.3, -0.25) is 10.1 Å². The van der Waals surface area contributed by atoms with Crippen LogP contribution in [-0.4, -0.2) is 33.1 Å². The Balaban J connectivity index is 1.80. The molecule has 0 aliphatic rings. The van der Waals surface area contributed by atoms with Crippen molar-refractivity contribution in [2.45, 2.75) is 12.7 Å². The molecule has 0 saturated carbocycles. The van der Waals surface area contributed by atoms with Gasteiger partial charge >= 0.3 is 5.69 Å². The van der Waals surface area contributed by atoms with Crippen LogP contribution >= 0.6 is 23.1 Å². The second kappa shape index (κ2) is 8.45. The van der Waals surface area contributed by atoms with Crippen LogP contribution in [0.4, 0.5) is 16.6 Å². The number of nitrogens with one attached hydrogen (secondary N) is 1. The maximum absolute atomic E-state index is 11.1. The number of nitro groups is 1. The van der Waals surface area contributed by atoms with Crippen LogP contribution in [0.2, 0.25) is 0 Å². The summed E-state index contributed by atoms with van der Waals surface area (Å²) >= 11 is 3.02. The van der Waals surface area contributed by atoms with E-state index in [0.717, 1.165) is 11.4 Å². The molecule has 128 valence electrons. The predicted octanol–water partition coefficient (Wildman–Crippen LogP) is 2.00. The molecule has 0 saturated heterocycles. The van der Waals surface area contributed by atoms with Crippen LogP contribution in [0.3, 0.4) is 0 Å². The quantitative estimate of drug-likeness (QED) is 0.211. The lowest BCUT2D eigenvalue weighted by Gasteiger charge is -2.07. The molecule has 0 amide bonds. The van der Waals surface area contributed by atoms with Gasteiger partial charge in [-0.15, -0.1) is 11.3 Å². The molecule has 0 fully saturated rings. The minimum absolute atomic E-state index is 0.0139. The summed E-state index contributed by atoms with van der Waals surface area (Å²) < 4.78 is 0. The lowest BCUT2D eigenvalue weighted by molar-refractivity contribution is -0.384. The van der Waals surface area contributed by atoms with Gasteiger partial charge in [0, 0.05) is 35.2 Å². The minimum Gasteiger partial charge on any atom is -0.370 e. The van der Waals surface area contributed by atoms with Crippen LogP contribution in [0.15, 0.2) is 22.6 Å². The molecule has 11 heteroatoms. The van der Waals surface area contributed by atoms with Crippen molar-refractivity contribution in [3.63, 3.8) is 0 Å². The van der Waals surface area contributed by atoms with E-state index in [-0.39, 0.29) is 11.6 Å². The van der Waals surface area contributed by atoms with E-state index in [1.807, 2.05) is 5.38 Å². The first-order chi connectivity index (χ1) is 11.5. The van der Waals surface area contributed by atoms with E-state index in [9.17, 15) is 10.1 Å². The highest BCUT2D eigenvalue weighted by molar-refractivity contribution is 7.98. The Kier molecular flexibility index (Phi) is 6.32. The Bertz CT molecular complexity index is 744. The maximum atomic E-state index is 11.1. The molecule has 0 atom stereocenters. The summed E-state index contributed by atoms with van der Waals surface area (Å²) in [6.07, 6.45) is 1.55. The molecule has 2 heterocycles. The molecule has 0 radical (unpaired) electrons. The summed E-state index contributed by atoms with van der Waals surface area (Å²) in [5.74, 6) is 1.74. The maximum Gasteiger partial charge on any atom is 0.314 e. The fourth-order valence-corrected chi connectivity index (χ4v) is 3.41. The van der Waals surface area contributed by atoms with E-state index >= 15 is 0 Å². The van der Waals surface area contributed by atoms with Crippen LogP contribution in [0.1, 0.15) is 11.3 Å². The number of aliphatic imine (C=N–C) groups is 1. The van der Waals surface area contributed by atoms with Crippen molar-refractivity contribution in [1.29, 1.82) is 0 Å². The van der Waals surface area contributed by atoms with Gasteiger partial charge in [0.15, 0.2) is 5.96 Å². The van der Waals surface area contributed by atoms with Gasteiger partial charge in [0.2, 0.25) is 10.9 Å². The summed E-state index contributed by atoms with van der Waals surface area (Å²) in [7, 11) is 0. The molecule has 0 unspecified atom stereocenters. The highest BCUT2D eigenvalue weighted by Crippen LogP contribution is 2.25. The average molecular weight is 367 g/mol. The highest BCUT2D eigenvalue weighted by Gasteiger charge is 2.17. The fraction of sp³-hybridized carbons (Fsp3) is 0.308. The van der Waals surface area contributed by atoms with Crippen LogP contribution in [-0.2, 0) is 5.75 Å². The van der Waals surface area contributed by atoms with Gasteiger partial charge in [-0.1, -0.05) is 0 Å². The highest BCUT2D eigenvalue weighted by atomic mass is 32.2. The third-order valence-corrected chi connectivity index (χ3v) is 4.64. The molecule has 2 aromatic heterocycles. The zero-order chi connectivity index (χ0) is 17.5. The third kappa shape index (κ3) is 5.06. The van der Waals surface area contributed by atoms with Crippen LogP contribution in [0, 0.1) is 17.0 Å². The van der Waals surface area contributed by atoms with Gasteiger partial charge < -0.3 is 16.8 Å². The first kappa shape index (κ1) is 17.9. The molecule has 2 aromatic rings. The number of aromatic nitrogens is 2. The minimum atomic E-state index is -0.418. The number of nitrogens with two attached hydrogens (primary N) is 2. The SMILES string of the molecule is Cc1ccnc(NCCSCc2csc(N=C(N)N)n2)c1[N+](=O)[O-]. The predicted molar refractivity (Wildman–Crippen MR) is 97.9 cm³/mol. The van der Waals surface area contributed by atoms with Crippen molar-refractivity contribution in [1.82, 2.24) is 9.97 Å². The lowest BCUT2D eigenvalue weighted by Crippen LogP contribution is -2.21. The van der Waals surface area contributed by atoms with Crippen molar-refractivity contribution in [3.8, 4) is 0 Å². The number of pyridine rings is 1. The van der Waals surface area contributed by atoms with E-state index in [2.05, 4.69) is 20.3 Å². The molecule has 2 rings (SSSR count). The van der Waals surface area contributed by atoms with Gasteiger partial charge in [0.25, 0.3) is 0 Å². The Morgan fingerprint density at radius 1 is 1.54 bits per heavy atom.